The van der Waals surface area contributed by atoms with E-state index in [2.05, 4.69) is 4.57 Å². The molecule has 0 spiro atoms. The summed E-state index contributed by atoms with van der Waals surface area (Å²) in [7, 11) is 2.04. The molecule has 106 valence electrons. The Hall–Kier alpha value is -1.33. The first-order valence-electron chi connectivity index (χ1n) is 6.35. The number of benzene rings is 1. The summed E-state index contributed by atoms with van der Waals surface area (Å²) in [6, 6.07) is 3.90. The van der Waals surface area contributed by atoms with Gasteiger partial charge in [0, 0.05) is 41.6 Å². The molecule has 0 saturated carbocycles. The largest absolute Gasteiger partial charge is 0.465 e. The van der Waals surface area contributed by atoms with E-state index < -0.39 is 6.09 Å². The van der Waals surface area contributed by atoms with Crippen molar-refractivity contribution in [1.29, 1.82) is 0 Å². The fraction of sp³-hybridized carbons (Fsp3) is 0.357. The SMILES string of the molecule is CSc1c(Cl)ccc2c3c(n(C)c12)CCN(C(=O)O)C3. The standard InChI is InChI=1S/C14H15ClN2O2S/c1-16-11-5-6-17(14(18)19)7-9(11)8-3-4-10(15)13(20-2)12(8)16/h3-4H,5-7H2,1-2H3,(H,18,19). The number of nitrogens with zero attached hydrogens (tertiary/aromatic N) is 2. The van der Waals surface area contributed by atoms with Gasteiger partial charge in [-0.25, -0.2) is 4.79 Å². The maximum atomic E-state index is 11.2. The number of rotatable bonds is 1. The van der Waals surface area contributed by atoms with Crippen molar-refractivity contribution in [2.45, 2.75) is 17.9 Å². The Balaban J connectivity index is 2.25. The second-order valence-electron chi connectivity index (χ2n) is 4.92. The Labute approximate surface area is 126 Å². The van der Waals surface area contributed by atoms with Gasteiger partial charge in [0.05, 0.1) is 17.1 Å². The van der Waals surface area contributed by atoms with Crippen molar-refractivity contribution >= 4 is 40.4 Å². The van der Waals surface area contributed by atoms with E-state index in [9.17, 15) is 9.90 Å². The third kappa shape index (κ3) is 1.88. The van der Waals surface area contributed by atoms with E-state index in [0.29, 0.717) is 13.1 Å². The Morgan fingerprint density at radius 2 is 2.20 bits per heavy atom. The maximum absolute atomic E-state index is 11.2. The van der Waals surface area contributed by atoms with Crippen LogP contribution in [-0.4, -0.2) is 33.5 Å². The fourth-order valence-corrected chi connectivity index (χ4v) is 4.07. The van der Waals surface area contributed by atoms with E-state index in [-0.39, 0.29) is 0 Å². The van der Waals surface area contributed by atoms with E-state index in [0.717, 1.165) is 32.8 Å². The lowest BCUT2D eigenvalue weighted by Crippen LogP contribution is -2.34. The molecule has 6 heteroatoms. The summed E-state index contributed by atoms with van der Waals surface area (Å²) in [4.78, 5) is 13.7. The number of carboxylic acid groups (broad SMARTS) is 1. The lowest BCUT2D eigenvalue weighted by Gasteiger charge is -2.25. The summed E-state index contributed by atoms with van der Waals surface area (Å²) in [6.07, 6.45) is 1.90. The van der Waals surface area contributed by atoms with E-state index >= 15 is 0 Å². The van der Waals surface area contributed by atoms with Crippen LogP contribution in [0.25, 0.3) is 10.9 Å². The zero-order valence-corrected chi connectivity index (χ0v) is 12.9. The molecule has 4 nitrogen and oxygen atoms in total. The van der Waals surface area contributed by atoms with Crippen molar-refractivity contribution in [2.75, 3.05) is 12.8 Å². The number of hydrogen-bond acceptors (Lipinski definition) is 2. The minimum Gasteiger partial charge on any atom is -0.465 e. The van der Waals surface area contributed by atoms with E-state index in [1.54, 1.807) is 11.8 Å². The summed E-state index contributed by atoms with van der Waals surface area (Å²) < 4.78 is 2.17. The van der Waals surface area contributed by atoms with Gasteiger partial charge in [-0.2, -0.15) is 0 Å². The zero-order valence-electron chi connectivity index (χ0n) is 11.3. The van der Waals surface area contributed by atoms with Crippen LogP contribution in [0.2, 0.25) is 5.02 Å². The number of aryl methyl sites for hydroxylation is 1. The molecule has 2 heterocycles. The number of fused-ring (bicyclic) bond motifs is 3. The molecule has 0 aliphatic carbocycles. The average molecular weight is 311 g/mol. The molecule has 0 radical (unpaired) electrons. The molecule has 1 aliphatic heterocycles. The van der Waals surface area contributed by atoms with Crippen molar-refractivity contribution in [3.8, 4) is 0 Å². The third-order valence-electron chi connectivity index (χ3n) is 3.94. The fourth-order valence-electron chi connectivity index (χ4n) is 2.98. The Morgan fingerprint density at radius 3 is 2.85 bits per heavy atom. The summed E-state index contributed by atoms with van der Waals surface area (Å²) in [5.74, 6) is 0. The average Bonchev–Trinajstić information content (AvgIpc) is 2.72. The van der Waals surface area contributed by atoms with Gasteiger partial charge in [0.2, 0.25) is 0 Å². The molecule has 1 aliphatic rings. The van der Waals surface area contributed by atoms with Gasteiger partial charge in [-0.15, -0.1) is 11.8 Å². The molecule has 1 aromatic heterocycles. The van der Waals surface area contributed by atoms with Crippen LogP contribution in [-0.2, 0) is 20.0 Å². The van der Waals surface area contributed by atoms with E-state index in [1.807, 2.05) is 25.4 Å². The number of amides is 1. The molecular weight excluding hydrogens is 296 g/mol. The molecule has 0 saturated heterocycles. The van der Waals surface area contributed by atoms with Crippen molar-refractivity contribution in [3.05, 3.63) is 28.4 Å². The van der Waals surface area contributed by atoms with Crippen LogP contribution in [0.5, 0.6) is 0 Å². The second kappa shape index (κ2) is 4.90. The minimum atomic E-state index is -0.855. The summed E-state index contributed by atoms with van der Waals surface area (Å²) >= 11 is 7.91. The third-order valence-corrected chi connectivity index (χ3v) is 5.19. The smallest absolute Gasteiger partial charge is 0.407 e. The molecule has 2 aromatic rings. The van der Waals surface area contributed by atoms with Crippen LogP contribution < -0.4 is 0 Å². The molecule has 0 bridgehead atoms. The quantitative estimate of drug-likeness (QED) is 0.819. The molecule has 1 aromatic carbocycles. The van der Waals surface area contributed by atoms with E-state index in [1.165, 1.54) is 10.6 Å². The van der Waals surface area contributed by atoms with Crippen molar-refractivity contribution in [1.82, 2.24) is 9.47 Å². The Morgan fingerprint density at radius 1 is 1.45 bits per heavy atom. The van der Waals surface area contributed by atoms with Gasteiger partial charge in [0.1, 0.15) is 0 Å². The van der Waals surface area contributed by atoms with Crippen molar-refractivity contribution in [3.63, 3.8) is 0 Å². The highest BCUT2D eigenvalue weighted by Crippen LogP contribution is 2.38. The predicted octanol–water partition coefficient (Wildman–Crippen LogP) is 3.59. The highest BCUT2D eigenvalue weighted by Gasteiger charge is 2.26. The number of halogens is 1. The topological polar surface area (TPSA) is 45.5 Å². The van der Waals surface area contributed by atoms with Gasteiger partial charge >= 0.3 is 6.09 Å². The molecule has 0 fully saturated rings. The molecule has 3 rings (SSSR count). The lowest BCUT2D eigenvalue weighted by atomic mass is 10.0. The number of aromatic nitrogens is 1. The van der Waals surface area contributed by atoms with Crippen molar-refractivity contribution < 1.29 is 9.90 Å². The second-order valence-corrected chi connectivity index (χ2v) is 6.14. The van der Waals surface area contributed by atoms with Crippen LogP contribution in [0, 0.1) is 0 Å². The van der Waals surface area contributed by atoms with Gasteiger partial charge in [-0.05, 0) is 12.3 Å². The molecule has 1 amide bonds. The Bertz CT molecular complexity index is 711. The van der Waals surface area contributed by atoms with Crippen LogP contribution >= 0.6 is 23.4 Å². The van der Waals surface area contributed by atoms with Crippen LogP contribution in [0.15, 0.2) is 17.0 Å². The summed E-state index contributed by atoms with van der Waals surface area (Å²) in [6.45, 7) is 1.01. The molecule has 0 atom stereocenters. The first-order chi connectivity index (χ1) is 9.54. The van der Waals surface area contributed by atoms with E-state index in [4.69, 9.17) is 11.6 Å². The van der Waals surface area contributed by atoms with Crippen molar-refractivity contribution in [2.24, 2.45) is 7.05 Å². The first kappa shape index (κ1) is 13.6. The highest BCUT2D eigenvalue weighted by molar-refractivity contribution is 7.99. The van der Waals surface area contributed by atoms with Gasteiger partial charge in [0.25, 0.3) is 0 Å². The number of thioether (sulfide) groups is 1. The normalized spacial score (nSPS) is 14.7. The lowest BCUT2D eigenvalue weighted by molar-refractivity contribution is 0.139. The summed E-state index contributed by atoms with van der Waals surface area (Å²) in [5, 5.41) is 11.0. The Kier molecular flexibility index (Phi) is 3.34. The van der Waals surface area contributed by atoms with Gasteiger partial charge < -0.3 is 14.6 Å². The van der Waals surface area contributed by atoms with Crippen LogP contribution in [0.4, 0.5) is 4.79 Å². The molecular formula is C14H15ClN2O2S. The first-order valence-corrected chi connectivity index (χ1v) is 7.95. The summed E-state index contributed by atoms with van der Waals surface area (Å²) in [5.41, 5.74) is 3.44. The van der Waals surface area contributed by atoms with Gasteiger partial charge in [-0.3, -0.25) is 0 Å². The van der Waals surface area contributed by atoms with Crippen LogP contribution in [0.3, 0.4) is 0 Å². The maximum Gasteiger partial charge on any atom is 0.407 e. The van der Waals surface area contributed by atoms with Gasteiger partial charge in [0.15, 0.2) is 0 Å². The van der Waals surface area contributed by atoms with Gasteiger partial charge in [-0.1, -0.05) is 17.7 Å². The predicted molar refractivity (Wildman–Crippen MR) is 81.8 cm³/mol. The number of carbonyl (C=O) groups is 1. The molecule has 20 heavy (non-hydrogen) atoms. The highest BCUT2D eigenvalue weighted by atomic mass is 35.5. The molecule has 0 unspecified atom stereocenters. The van der Waals surface area contributed by atoms with Crippen LogP contribution in [0.1, 0.15) is 11.3 Å². The monoisotopic (exact) mass is 310 g/mol. The number of hydrogen-bond donors (Lipinski definition) is 1. The zero-order chi connectivity index (χ0) is 14.4. The minimum absolute atomic E-state index is 0.456. The molecule has 1 N–H and O–H groups in total.